The Hall–Kier alpha value is -3.42. The highest BCUT2D eigenvalue weighted by atomic mass is 16.5. The van der Waals surface area contributed by atoms with Gasteiger partial charge in [-0.3, -0.25) is 9.36 Å². The van der Waals surface area contributed by atoms with E-state index in [0.29, 0.717) is 11.3 Å². The number of carbonyl (C=O) groups excluding carboxylic acids is 1. The molecule has 3 heterocycles. The van der Waals surface area contributed by atoms with Gasteiger partial charge in [0, 0.05) is 50.1 Å². The van der Waals surface area contributed by atoms with Crippen LogP contribution in [-0.4, -0.2) is 51.6 Å². The van der Waals surface area contributed by atoms with Gasteiger partial charge in [-0.05, 0) is 32.2 Å². The molecule has 1 unspecified atom stereocenters. The van der Waals surface area contributed by atoms with Crippen LogP contribution in [0.5, 0.6) is 5.75 Å². The van der Waals surface area contributed by atoms with Crippen LogP contribution in [0.4, 0.5) is 11.5 Å². The first-order valence-corrected chi connectivity index (χ1v) is 8.58. The third kappa shape index (κ3) is 3.18. The molecular weight excluding hydrogens is 380 g/mol. The Morgan fingerprint density at radius 1 is 1.37 bits per heavy atom. The van der Waals surface area contributed by atoms with Crippen molar-refractivity contribution in [2.45, 2.75) is 39.0 Å². The molecule has 8 heteroatoms. The van der Waals surface area contributed by atoms with Crippen molar-refractivity contribution in [1.82, 2.24) is 19.5 Å². The van der Waals surface area contributed by atoms with Crippen LogP contribution in [0, 0.1) is 0 Å². The summed E-state index contributed by atoms with van der Waals surface area (Å²) in [6.07, 6.45) is -0.398. The number of aromatic nitrogens is 4. The number of amides is 1. The first-order chi connectivity index (χ1) is 20.4. The van der Waals surface area contributed by atoms with Crippen molar-refractivity contribution in [2.24, 2.45) is 0 Å². The Kier molecular flexibility index (Phi) is 2.27. The summed E-state index contributed by atoms with van der Waals surface area (Å²) in [6.45, 7) is -15.0. The van der Waals surface area contributed by atoms with Crippen molar-refractivity contribution in [3.63, 3.8) is 0 Å². The second kappa shape index (κ2) is 7.78. The van der Waals surface area contributed by atoms with Crippen molar-refractivity contribution in [3.05, 3.63) is 42.9 Å². The van der Waals surface area contributed by atoms with E-state index in [0.717, 1.165) is 6.20 Å². The summed E-state index contributed by atoms with van der Waals surface area (Å²) in [5.41, 5.74) is -0.359. The maximum Gasteiger partial charge on any atom is 0.249 e. The minimum atomic E-state index is -3.94. The molecular formula is C22H26N6O2. The lowest BCUT2D eigenvalue weighted by atomic mass is 10.1. The molecule has 0 bridgehead atoms. The van der Waals surface area contributed by atoms with E-state index in [1.165, 1.54) is 24.1 Å². The molecule has 1 amide bonds. The molecule has 2 aromatic heterocycles. The normalized spacial score (nSPS) is 26.1. The molecule has 30 heavy (non-hydrogen) atoms. The first-order valence-electron chi connectivity index (χ1n) is 16.1. The molecule has 0 N–H and O–H groups in total. The van der Waals surface area contributed by atoms with Gasteiger partial charge in [0.05, 0.1) is 14.7 Å². The highest BCUT2D eigenvalue weighted by Crippen LogP contribution is 2.36. The number of imidazole rings is 1. The largest absolute Gasteiger partial charge is 0.497 e. The van der Waals surface area contributed by atoms with E-state index in [9.17, 15) is 4.79 Å². The van der Waals surface area contributed by atoms with E-state index in [4.69, 9.17) is 25.3 Å². The summed E-state index contributed by atoms with van der Waals surface area (Å²) in [6, 6.07) is -0.409. The SMILES string of the molecule is [2H]C([2H])([2H])N1C(=O)C(C([2H])([2H])C([2H])([2H])[2H])N(C([2H])(C([2H])([2H])[2H])C([2H])([2H])[2H])c2nc(-n3ccnc3-c3cccc(OC)c3)ncc21. The summed E-state index contributed by atoms with van der Waals surface area (Å²) in [5, 5.41) is 0. The van der Waals surface area contributed by atoms with E-state index < -0.39 is 69.3 Å². The highest BCUT2D eigenvalue weighted by Gasteiger charge is 2.38. The molecule has 0 fully saturated rings. The van der Waals surface area contributed by atoms with Gasteiger partial charge in [-0.25, -0.2) is 9.97 Å². The van der Waals surface area contributed by atoms with Crippen molar-refractivity contribution >= 4 is 17.4 Å². The zero-order valence-electron chi connectivity index (χ0n) is 30.6. The Labute approximate surface area is 197 Å². The van der Waals surface area contributed by atoms with Crippen LogP contribution in [-0.2, 0) is 4.79 Å². The zero-order chi connectivity index (χ0) is 34.1. The number of rotatable bonds is 5. The van der Waals surface area contributed by atoms with Crippen LogP contribution in [0.25, 0.3) is 17.3 Å². The average molecular weight is 422 g/mol. The number of carbonyl (C=O) groups is 1. The van der Waals surface area contributed by atoms with E-state index in [2.05, 4.69) is 15.0 Å². The van der Waals surface area contributed by atoms with Crippen LogP contribution in [0.3, 0.4) is 0 Å². The van der Waals surface area contributed by atoms with E-state index >= 15 is 0 Å². The maximum atomic E-state index is 13.9. The number of benzene rings is 1. The molecule has 0 radical (unpaired) electrons. The molecule has 1 atom stereocenters. The van der Waals surface area contributed by atoms with Crippen LogP contribution >= 0.6 is 0 Å². The van der Waals surface area contributed by atoms with E-state index in [-0.39, 0.29) is 15.6 Å². The Morgan fingerprint density at radius 2 is 2.27 bits per heavy atom. The third-order valence-corrected chi connectivity index (χ3v) is 4.48. The molecule has 1 aromatic carbocycles. The summed E-state index contributed by atoms with van der Waals surface area (Å²) >= 11 is 0. The van der Waals surface area contributed by atoms with Crippen molar-refractivity contribution in [2.75, 3.05) is 23.9 Å². The number of nitrogens with zero attached hydrogens (tertiary/aromatic N) is 6. The van der Waals surface area contributed by atoms with Gasteiger partial charge in [-0.1, -0.05) is 19.0 Å². The second-order valence-corrected chi connectivity index (χ2v) is 6.17. The van der Waals surface area contributed by atoms with E-state index in [1.807, 2.05) is 0 Å². The Bertz CT molecular complexity index is 1580. The molecule has 0 saturated carbocycles. The fourth-order valence-electron chi connectivity index (χ4n) is 3.08. The molecule has 156 valence electrons. The first kappa shape index (κ1) is 8.75. The summed E-state index contributed by atoms with van der Waals surface area (Å²) in [4.78, 5) is 26.3. The summed E-state index contributed by atoms with van der Waals surface area (Å²) in [7, 11) is 1.43. The van der Waals surface area contributed by atoms with Gasteiger partial charge in [0.1, 0.15) is 23.3 Å². The monoisotopic (exact) mass is 421 g/mol. The van der Waals surface area contributed by atoms with Crippen molar-refractivity contribution < 1.29 is 30.1 Å². The number of ether oxygens (including phenoxy) is 1. The van der Waals surface area contributed by atoms with Gasteiger partial charge in [0.25, 0.3) is 0 Å². The smallest absolute Gasteiger partial charge is 0.249 e. The van der Waals surface area contributed by atoms with Gasteiger partial charge in [-0.15, -0.1) is 0 Å². The summed E-state index contributed by atoms with van der Waals surface area (Å²) in [5.74, 6) is -2.64. The lowest BCUT2D eigenvalue weighted by molar-refractivity contribution is -0.120. The predicted molar refractivity (Wildman–Crippen MR) is 116 cm³/mol. The molecule has 4 rings (SSSR count). The number of hydrogen-bond acceptors (Lipinski definition) is 6. The number of methoxy groups -OCH3 is 1. The topological polar surface area (TPSA) is 76.4 Å². The van der Waals surface area contributed by atoms with Crippen LogP contribution < -0.4 is 14.5 Å². The predicted octanol–water partition coefficient (Wildman–Crippen LogP) is 3.31. The lowest BCUT2D eigenvalue weighted by Crippen LogP contribution is -2.55. The molecule has 0 saturated heterocycles. The molecule has 1 aliphatic rings. The summed E-state index contributed by atoms with van der Waals surface area (Å²) < 4.78 is 128. The fourth-order valence-corrected chi connectivity index (χ4v) is 3.08. The Balaban J connectivity index is 2.14. The minimum absolute atomic E-state index is 0.00676. The third-order valence-electron chi connectivity index (χ3n) is 4.48. The minimum Gasteiger partial charge on any atom is -0.497 e. The van der Waals surface area contributed by atoms with Crippen molar-refractivity contribution in [3.8, 4) is 23.1 Å². The number of likely N-dealkylation sites (N-methyl/N-ethyl adjacent to an activating group) is 1. The van der Waals surface area contributed by atoms with Gasteiger partial charge < -0.3 is 14.5 Å². The quantitative estimate of drug-likeness (QED) is 0.629. The molecule has 0 aliphatic carbocycles. The standard InChI is InChI=1S/C22H26N6O2/c1-6-17-21(29)26(4)18-13-24-22(25-20(18)28(17)14(2)3)27-11-10-23-19(27)15-8-7-9-16(12-15)30-5/h7-14,17H,6H2,1-5H3/i1D3,2D3,3D3,4D3,6D2,14D. The second-order valence-electron chi connectivity index (χ2n) is 6.17. The highest BCUT2D eigenvalue weighted by molar-refractivity contribution is 6.04. The Morgan fingerprint density at radius 3 is 3.03 bits per heavy atom. The van der Waals surface area contributed by atoms with Gasteiger partial charge in [0.15, 0.2) is 5.82 Å². The molecule has 8 nitrogen and oxygen atoms in total. The number of fused-ring (bicyclic) bond motifs is 1. The average Bonchev–Trinajstić information content (AvgIpc) is 3.39. The zero-order valence-corrected chi connectivity index (χ0v) is 15.6. The van der Waals surface area contributed by atoms with Crippen molar-refractivity contribution in [1.29, 1.82) is 0 Å². The molecule has 1 aliphatic heterocycles. The number of hydrogen-bond donors (Lipinski definition) is 0. The van der Waals surface area contributed by atoms with E-state index in [1.54, 1.807) is 24.3 Å². The lowest BCUT2D eigenvalue weighted by Gasteiger charge is -2.42. The van der Waals surface area contributed by atoms with Crippen LogP contribution in [0.15, 0.2) is 42.9 Å². The number of anilines is 2. The van der Waals surface area contributed by atoms with Gasteiger partial charge in [0.2, 0.25) is 11.9 Å². The van der Waals surface area contributed by atoms with Crippen LogP contribution in [0.1, 0.15) is 47.5 Å². The maximum absolute atomic E-state index is 13.9. The van der Waals surface area contributed by atoms with Gasteiger partial charge >= 0.3 is 0 Å². The molecule has 0 spiro atoms. The van der Waals surface area contributed by atoms with Gasteiger partial charge in [-0.2, -0.15) is 4.98 Å². The fraction of sp³-hybridized carbons (Fsp3) is 0.364. The molecule has 3 aromatic rings. The van der Waals surface area contributed by atoms with Crippen LogP contribution in [0.2, 0.25) is 0 Å².